The van der Waals surface area contributed by atoms with Crippen molar-refractivity contribution in [2.75, 3.05) is 31.1 Å². The Hall–Kier alpha value is -2.43. The van der Waals surface area contributed by atoms with Gasteiger partial charge in [0.25, 0.3) is 0 Å². The highest BCUT2D eigenvalue weighted by Crippen LogP contribution is 2.15. The number of aryl methyl sites for hydroxylation is 1. The van der Waals surface area contributed by atoms with E-state index in [2.05, 4.69) is 14.9 Å². The smallest absolute Gasteiger partial charge is 0.223 e. The third-order valence-corrected chi connectivity index (χ3v) is 4.01. The molecule has 2 aromatic heterocycles. The Kier molecular flexibility index (Phi) is 4.63. The van der Waals surface area contributed by atoms with Gasteiger partial charge in [0.05, 0.1) is 0 Å². The Morgan fingerprint density at radius 3 is 2.45 bits per heavy atom. The number of amides is 1. The SMILES string of the molecule is O=C(CCc1cccnc1)N1CCN(c2ccncc2)CC1. The zero-order chi connectivity index (χ0) is 15.2. The summed E-state index contributed by atoms with van der Waals surface area (Å²) < 4.78 is 0. The summed E-state index contributed by atoms with van der Waals surface area (Å²) in [7, 11) is 0. The molecule has 5 nitrogen and oxygen atoms in total. The number of rotatable bonds is 4. The molecule has 0 N–H and O–H groups in total. The maximum atomic E-state index is 12.3. The minimum atomic E-state index is 0.234. The highest BCUT2D eigenvalue weighted by atomic mass is 16.2. The zero-order valence-electron chi connectivity index (χ0n) is 12.6. The van der Waals surface area contributed by atoms with Crippen LogP contribution in [0.3, 0.4) is 0 Å². The molecule has 3 heterocycles. The van der Waals surface area contributed by atoms with Gasteiger partial charge in [-0.05, 0) is 30.2 Å². The van der Waals surface area contributed by atoms with Crippen molar-refractivity contribution >= 4 is 11.6 Å². The zero-order valence-corrected chi connectivity index (χ0v) is 12.6. The lowest BCUT2D eigenvalue weighted by atomic mass is 10.1. The lowest BCUT2D eigenvalue weighted by Crippen LogP contribution is -2.48. The predicted molar refractivity (Wildman–Crippen MR) is 85.6 cm³/mol. The molecule has 0 atom stereocenters. The number of hydrogen-bond acceptors (Lipinski definition) is 4. The summed E-state index contributed by atoms with van der Waals surface area (Å²) in [5, 5.41) is 0. The molecular formula is C17H20N4O. The minimum absolute atomic E-state index is 0.234. The van der Waals surface area contributed by atoms with E-state index in [9.17, 15) is 4.79 Å². The number of piperazine rings is 1. The Labute approximate surface area is 130 Å². The van der Waals surface area contributed by atoms with Crippen LogP contribution in [0.4, 0.5) is 5.69 Å². The number of carbonyl (C=O) groups excluding carboxylic acids is 1. The number of aromatic nitrogens is 2. The Morgan fingerprint density at radius 1 is 1.00 bits per heavy atom. The monoisotopic (exact) mass is 296 g/mol. The minimum Gasteiger partial charge on any atom is -0.368 e. The summed E-state index contributed by atoms with van der Waals surface area (Å²) in [6, 6.07) is 7.95. The molecule has 1 saturated heterocycles. The van der Waals surface area contributed by atoms with E-state index in [1.807, 2.05) is 35.4 Å². The summed E-state index contributed by atoms with van der Waals surface area (Å²) in [5.41, 5.74) is 2.30. The Balaban J connectivity index is 1.48. The second kappa shape index (κ2) is 7.02. The van der Waals surface area contributed by atoms with Crippen molar-refractivity contribution in [1.82, 2.24) is 14.9 Å². The molecule has 3 rings (SSSR count). The molecule has 0 unspecified atom stereocenters. The molecular weight excluding hydrogens is 276 g/mol. The van der Waals surface area contributed by atoms with Crippen LogP contribution in [0.15, 0.2) is 49.1 Å². The maximum absolute atomic E-state index is 12.3. The number of hydrogen-bond donors (Lipinski definition) is 0. The summed E-state index contributed by atoms with van der Waals surface area (Å²) in [6.07, 6.45) is 8.51. The number of anilines is 1. The largest absolute Gasteiger partial charge is 0.368 e. The fraction of sp³-hybridized carbons (Fsp3) is 0.353. The Morgan fingerprint density at radius 2 is 1.77 bits per heavy atom. The fourth-order valence-corrected chi connectivity index (χ4v) is 2.72. The molecule has 2 aromatic rings. The lowest BCUT2D eigenvalue weighted by molar-refractivity contribution is -0.131. The van der Waals surface area contributed by atoms with Gasteiger partial charge >= 0.3 is 0 Å². The first kappa shape index (κ1) is 14.5. The van der Waals surface area contributed by atoms with Crippen LogP contribution in [-0.2, 0) is 11.2 Å². The topological polar surface area (TPSA) is 49.3 Å². The molecule has 1 amide bonds. The average molecular weight is 296 g/mol. The first-order valence-corrected chi connectivity index (χ1v) is 7.64. The van der Waals surface area contributed by atoms with Gasteiger partial charge < -0.3 is 9.80 Å². The summed E-state index contributed by atoms with van der Waals surface area (Å²) in [4.78, 5) is 24.7. The average Bonchev–Trinajstić information content (AvgIpc) is 2.61. The standard InChI is InChI=1S/C17H20N4O/c22-17(4-3-15-2-1-7-19-14-15)21-12-10-20(11-13-21)16-5-8-18-9-6-16/h1-2,5-9,14H,3-4,10-13H2. The van der Waals surface area contributed by atoms with Crippen LogP contribution in [0.5, 0.6) is 0 Å². The molecule has 114 valence electrons. The van der Waals surface area contributed by atoms with E-state index in [1.165, 1.54) is 5.69 Å². The van der Waals surface area contributed by atoms with Crippen molar-refractivity contribution in [3.05, 3.63) is 54.6 Å². The van der Waals surface area contributed by atoms with Crippen molar-refractivity contribution in [2.45, 2.75) is 12.8 Å². The summed E-state index contributed by atoms with van der Waals surface area (Å²) >= 11 is 0. The van der Waals surface area contributed by atoms with E-state index in [0.29, 0.717) is 6.42 Å². The molecule has 0 radical (unpaired) electrons. The van der Waals surface area contributed by atoms with Gasteiger partial charge in [-0.25, -0.2) is 0 Å². The third-order valence-electron chi connectivity index (χ3n) is 4.01. The molecule has 0 bridgehead atoms. The fourth-order valence-electron chi connectivity index (χ4n) is 2.72. The molecule has 0 aliphatic carbocycles. The highest BCUT2D eigenvalue weighted by molar-refractivity contribution is 5.76. The number of pyridine rings is 2. The van der Waals surface area contributed by atoms with Gasteiger partial charge in [0.15, 0.2) is 0 Å². The van der Waals surface area contributed by atoms with Gasteiger partial charge in [-0.3, -0.25) is 14.8 Å². The molecule has 1 aliphatic rings. The molecule has 0 saturated carbocycles. The van der Waals surface area contributed by atoms with Crippen molar-refractivity contribution in [1.29, 1.82) is 0 Å². The normalized spacial score (nSPS) is 14.9. The maximum Gasteiger partial charge on any atom is 0.223 e. The highest BCUT2D eigenvalue weighted by Gasteiger charge is 2.20. The molecule has 1 aliphatic heterocycles. The number of carbonyl (C=O) groups is 1. The van der Waals surface area contributed by atoms with Gasteiger partial charge in [0.1, 0.15) is 0 Å². The van der Waals surface area contributed by atoms with Crippen LogP contribution in [0, 0.1) is 0 Å². The van der Waals surface area contributed by atoms with Gasteiger partial charge in [-0.15, -0.1) is 0 Å². The molecule has 22 heavy (non-hydrogen) atoms. The molecule has 5 heteroatoms. The van der Waals surface area contributed by atoms with Crippen LogP contribution in [0.1, 0.15) is 12.0 Å². The van der Waals surface area contributed by atoms with E-state index in [0.717, 1.165) is 38.2 Å². The molecule has 1 fully saturated rings. The number of nitrogens with zero attached hydrogens (tertiary/aromatic N) is 4. The third kappa shape index (κ3) is 3.61. The van der Waals surface area contributed by atoms with E-state index < -0.39 is 0 Å². The van der Waals surface area contributed by atoms with Gasteiger partial charge in [0, 0.05) is 63.1 Å². The van der Waals surface area contributed by atoms with Crippen LogP contribution in [-0.4, -0.2) is 47.0 Å². The second-order valence-electron chi connectivity index (χ2n) is 5.43. The van der Waals surface area contributed by atoms with E-state index in [-0.39, 0.29) is 5.91 Å². The first-order valence-electron chi connectivity index (χ1n) is 7.64. The van der Waals surface area contributed by atoms with Crippen molar-refractivity contribution < 1.29 is 4.79 Å². The van der Waals surface area contributed by atoms with Crippen molar-refractivity contribution in [3.63, 3.8) is 0 Å². The van der Waals surface area contributed by atoms with E-state index in [4.69, 9.17) is 0 Å². The first-order chi connectivity index (χ1) is 10.8. The van der Waals surface area contributed by atoms with Crippen LogP contribution < -0.4 is 4.90 Å². The van der Waals surface area contributed by atoms with Crippen LogP contribution in [0.2, 0.25) is 0 Å². The Bertz CT molecular complexity index is 595. The van der Waals surface area contributed by atoms with Crippen LogP contribution >= 0.6 is 0 Å². The van der Waals surface area contributed by atoms with Crippen molar-refractivity contribution in [2.24, 2.45) is 0 Å². The van der Waals surface area contributed by atoms with Crippen molar-refractivity contribution in [3.8, 4) is 0 Å². The van der Waals surface area contributed by atoms with Gasteiger partial charge in [0.2, 0.25) is 5.91 Å². The lowest BCUT2D eigenvalue weighted by Gasteiger charge is -2.36. The second-order valence-corrected chi connectivity index (χ2v) is 5.43. The molecule has 0 aromatic carbocycles. The quantitative estimate of drug-likeness (QED) is 0.862. The van der Waals surface area contributed by atoms with Gasteiger partial charge in [-0.1, -0.05) is 6.07 Å². The summed E-state index contributed by atoms with van der Waals surface area (Å²) in [5.74, 6) is 0.234. The molecule has 0 spiro atoms. The predicted octanol–water partition coefficient (Wildman–Crippen LogP) is 1.76. The van der Waals surface area contributed by atoms with Crippen LogP contribution in [0.25, 0.3) is 0 Å². The van der Waals surface area contributed by atoms with E-state index in [1.54, 1.807) is 18.6 Å². The van der Waals surface area contributed by atoms with E-state index >= 15 is 0 Å². The summed E-state index contributed by atoms with van der Waals surface area (Å²) in [6.45, 7) is 3.33. The van der Waals surface area contributed by atoms with Gasteiger partial charge in [-0.2, -0.15) is 0 Å².